The number of likely N-dealkylation sites (tertiary alicyclic amines) is 1. The van der Waals surface area contributed by atoms with Crippen LogP contribution in [-0.4, -0.2) is 36.8 Å². The summed E-state index contributed by atoms with van der Waals surface area (Å²) in [7, 11) is 4.68. The number of quaternary nitrogens is 1. The third-order valence-electron chi connectivity index (χ3n) is 5.57. The van der Waals surface area contributed by atoms with Gasteiger partial charge in [0.2, 0.25) is 0 Å². The molecular formula is C18H26NO+. The highest BCUT2D eigenvalue weighted by molar-refractivity contribution is 5.35. The smallest absolute Gasteiger partial charge is 0.148 e. The summed E-state index contributed by atoms with van der Waals surface area (Å²) in [6, 6.07) is 7.89. The molecule has 0 N–H and O–H groups in total. The van der Waals surface area contributed by atoms with Crippen LogP contribution in [0.4, 0.5) is 0 Å². The van der Waals surface area contributed by atoms with Crippen molar-refractivity contribution in [2.24, 2.45) is 0 Å². The predicted octanol–water partition coefficient (Wildman–Crippen LogP) is 3.54. The minimum absolute atomic E-state index is 0.107. The molecule has 3 atom stereocenters. The van der Waals surface area contributed by atoms with Crippen molar-refractivity contribution in [2.45, 2.75) is 44.9 Å². The molecule has 0 aliphatic carbocycles. The van der Waals surface area contributed by atoms with Gasteiger partial charge in [-0.2, -0.15) is 0 Å². The maximum absolute atomic E-state index is 6.22. The zero-order valence-electron chi connectivity index (χ0n) is 13.3. The second-order valence-electron chi connectivity index (χ2n) is 7.10. The maximum Gasteiger partial charge on any atom is 0.148 e. The molecule has 0 amide bonds. The van der Waals surface area contributed by atoms with Gasteiger partial charge in [0.1, 0.15) is 11.6 Å². The molecule has 2 aliphatic heterocycles. The summed E-state index contributed by atoms with van der Waals surface area (Å²) < 4.78 is 7.21. The molecular weight excluding hydrogens is 246 g/mol. The zero-order valence-corrected chi connectivity index (χ0v) is 13.3. The van der Waals surface area contributed by atoms with Crippen LogP contribution in [0.25, 0.3) is 0 Å². The van der Waals surface area contributed by atoms with Gasteiger partial charge in [-0.15, -0.1) is 0 Å². The fourth-order valence-corrected chi connectivity index (χ4v) is 4.02. The van der Waals surface area contributed by atoms with E-state index in [0.29, 0.717) is 12.1 Å². The summed E-state index contributed by atoms with van der Waals surface area (Å²) in [5.74, 6) is 0. The van der Waals surface area contributed by atoms with Crippen LogP contribution in [0.2, 0.25) is 0 Å². The Morgan fingerprint density at radius 1 is 1.20 bits per heavy atom. The molecule has 1 spiro atoms. The van der Waals surface area contributed by atoms with Gasteiger partial charge < -0.3 is 9.22 Å². The Labute approximate surface area is 122 Å². The van der Waals surface area contributed by atoms with E-state index >= 15 is 0 Å². The molecule has 0 aromatic heterocycles. The van der Waals surface area contributed by atoms with Crippen LogP contribution in [-0.2, 0) is 4.74 Å². The highest BCUT2D eigenvalue weighted by Gasteiger charge is 2.59. The van der Waals surface area contributed by atoms with Crippen molar-refractivity contribution in [3.8, 4) is 0 Å². The molecule has 2 aliphatic rings. The van der Waals surface area contributed by atoms with Gasteiger partial charge in [0.25, 0.3) is 0 Å². The lowest BCUT2D eigenvalue weighted by Crippen LogP contribution is -2.47. The topological polar surface area (TPSA) is 9.23 Å². The Bertz CT molecular complexity index is 561. The summed E-state index contributed by atoms with van der Waals surface area (Å²) in [4.78, 5) is 0. The molecule has 0 saturated carbocycles. The predicted molar refractivity (Wildman–Crippen MR) is 82.7 cm³/mol. The van der Waals surface area contributed by atoms with Gasteiger partial charge >= 0.3 is 0 Å². The Kier molecular flexibility index (Phi) is 3.07. The molecule has 0 radical (unpaired) electrons. The molecule has 1 aromatic carbocycles. The highest BCUT2D eigenvalue weighted by Crippen LogP contribution is 2.51. The lowest BCUT2D eigenvalue weighted by Gasteiger charge is -2.39. The van der Waals surface area contributed by atoms with E-state index in [1.54, 1.807) is 0 Å². The molecule has 1 fully saturated rings. The van der Waals surface area contributed by atoms with Gasteiger partial charge in [-0.1, -0.05) is 18.2 Å². The van der Waals surface area contributed by atoms with Gasteiger partial charge in [0, 0.05) is 12.0 Å². The third kappa shape index (κ3) is 1.86. The number of nitrogens with zero attached hydrogens (tertiary/aromatic N) is 1. The molecule has 1 aromatic rings. The highest BCUT2D eigenvalue weighted by atomic mass is 16.5. The first-order chi connectivity index (χ1) is 9.37. The molecule has 3 unspecified atom stereocenters. The Morgan fingerprint density at radius 3 is 2.55 bits per heavy atom. The second kappa shape index (κ2) is 4.44. The van der Waals surface area contributed by atoms with E-state index in [-0.39, 0.29) is 5.60 Å². The molecule has 0 bridgehead atoms. The second-order valence-corrected chi connectivity index (χ2v) is 7.10. The van der Waals surface area contributed by atoms with Gasteiger partial charge in [-0.3, -0.25) is 0 Å². The van der Waals surface area contributed by atoms with Crippen LogP contribution < -0.4 is 0 Å². The monoisotopic (exact) mass is 272 g/mol. The van der Waals surface area contributed by atoms with Crippen LogP contribution in [0.3, 0.4) is 0 Å². The number of likely N-dealkylation sites (N-methyl/N-ethyl adjacent to an activating group) is 1. The molecule has 2 nitrogen and oxygen atoms in total. The lowest BCUT2D eigenvalue weighted by molar-refractivity contribution is -0.932. The molecule has 20 heavy (non-hydrogen) atoms. The standard InChI is InChI=1S/C18H26NO/c1-13-7-8-16(11-14(13)2)17-18(9-6-10-20-18)12-15(3)19(17,4)5/h6-9,11,15,17H,10,12H2,1-5H3/q+1. The van der Waals surface area contributed by atoms with Gasteiger partial charge in [0.15, 0.2) is 0 Å². The van der Waals surface area contributed by atoms with E-state index < -0.39 is 0 Å². The first-order valence-electron chi connectivity index (χ1n) is 7.59. The first-order valence-corrected chi connectivity index (χ1v) is 7.59. The van der Waals surface area contributed by atoms with Crippen molar-refractivity contribution in [2.75, 3.05) is 20.7 Å². The van der Waals surface area contributed by atoms with Crippen molar-refractivity contribution < 1.29 is 9.22 Å². The number of hydrogen-bond acceptors (Lipinski definition) is 1. The van der Waals surface area contributed by atoms with Crippen molar-refractivity contribution in [3.63, 3.8) is 0 Å². The van der Waals surface area contributed by atoms with Crippen molar-refractivity contribution in [3.05, 3.63) is 47.0 Å². The number of aryl methyl sites for hydroxylation is 2. The molecule has 3 rings (SSSR count). The molecule has 2 heteroatoms. The van der Waals surface area contributed by atoms with Crippen LogP contribution in [0.15, 0.2) is 30.4 Å². The minimum atomic E-state index is -0.107. The normalized spacial score (nSPS) is 35.0. The fourth-order valence-electron chi connectivity index (χ4n) is 4.02. The van der Waals surface area contributed by atoms with Crippen LogP contribution >= 0.6 is 0 Å². The van der Waals surface area contributed by atoms with E-state index in [4.69, 9.17) is 4.74 Å². The summed E-state index contributed by atoms with van der Waals surface area (Å²) in [6.45, 7) is 7.49. The van der Waals surface area contributed by atoms with Crippen molar-refractivity contribution >= 4 is 0 Å². The number of benzene rings is 1. The van der Waals surface area contributed by atoms with Crippen molar-refractivity contribution in [1.82, 2.24) is 0 Å². The van der Waals surface area contributed by atoms with Crippen LogP contribution in [0, 0.1) is 13.8 Å². The summed E-state index contributed by atoms with van der Waals surface area (Å²) in [5, 5.41) is 0. The summed E-state index contributed by atoms with van der Waals surface area (Å²) in [5.41, 5.74) is 4.04. The Balaban J connectivity index is 2.11. The SMILES string of the molecule is Cc1ccc(C2C3(C=CCO3)CC(C)[N+]2(C)C)cc1C. The molecule has 108 valence electrons. The summed E-state index contributed by atoms with van der Waals surface area (Å²) >= 11 is 0. The average Bonchev–Trinajstić information content (AvgIpc) is 2.89. The fraction of sp³-hybridized carbons (Fsp3) is 0.556. The lowest BCUT2D eigenvalue weighted by atomic mass is 9.87. The number of rotatable bonds is 1. The molecule has 1 saturated heterocycles. The van der Waals surface area contributed by atoms with Gasteiger partial charge in [0.05, 0.1) is 26.7 Å². The first kappa shape index (κ1) is 13.8. The number of hydrogen-bond donors (Lipinski definition) is 0. The Morgan fingerprint density at radius 2 is 1.95 bits per heavy atom. The third-order valence-corrected chi connectivity index (χ3v) is 5.57. The average molecular weight is 272 g/mol. The largest absolute Gasteiger partial charge is 0.360 e. The van der Waals surface area contributed by atoms with E-state index in [0.717, 1.165) is 17.5 Å². The van der Waals surface area contributed by atoms with Crippen LogP contribution in [0.5, 0.6) is 0 Å². The van der Waals surface area contributed by atoms with Crippen LogP contribution in [0.1, 0.15) is 36.1 Å². The Hall–Kier alpha value is -1.12. The van der Waals surface area contributed by atoms with Crippen molar-refractivity contribution in [1.29, 1.82) is 0 Å². The molecule has 2 heterocycles. The quantitative estimate of drug-likeness (QED) is 0.561. The van der Waals surface area contributed by atoms with Gasteiger partial charge in [-0.05, 0) is 44.0 Å². The minimum Gasteiger partial charge on any atom is -0.360 e. The summed E-state index contributed by atoms with van der Waals surface area (Å²) in [6.07, 6.45) is 5.61. The number of ether oxygens (including phenoxy) is 1. The van der Waals surface area contributed by atoms with Gasteiger partial charge in [-0.25, -0.2) is 0 Å². The van der Waals surface area contributed by atoms with E-state index in [9.17, 15) is 0 Å². The zero-order chi connectivity index (χ0) is 14.5. The maximum atomic E-state index is 6.22. The van der Waals surface area contributed by atoms with E-state index in [2.05, 4.69) is 65.2 Å². The van der Waals surface area contributed by atoms with E-state index in [1.807, 2.05) is 0 Å². The van der Waals surface area contributed by atoms with E-state index in [1.165, 1.54) is 16.7 Å².